The smallest absolute Gasteiger partial charge is 0.251 e. The minimum atomic E-state index is -0.389. The van der Waals surface area contributed by atoms with Crippen LogP contribution in [0.4, 0.5) is 4.39 Å². The third-order valence-corrected chi connectivity index (χ3v) is 3.57. The molecule has 1 aromatic heterocycles. The molecule has 0 saturated heterocycles. The minimum Gasteiger partial charge on any atom is -0.348 e. The number of nitrogens with zero attached hydrogens (tertiary/aromatic N) is 2. The van der Waals surface area contributed by atoms with Crippen LogP contribution < -0.4 is 5.32 Å². The van der Waals surface area contributed by atoms with E-state index in [-0.39, 0.29) is 16.2 Å². The molecule has 1 aromatic carbocycles. The highest BCUT2D eigenvalue weighted by molar-refractivity contribution is 9.10. The SMILES string of the molecule is Cc1c(CNC(=O)c2ccc(F)c(Br)c2)cnn1C. The molecule has 0 fully saturated rings. The normalized spacial score (nSPS) is 10.5. The van der Waals surface area contributed by atoms with E-state index in [1.165, 1.54) is 18.2 Å². The molecule has 100 valence electrons. The Labute approximate surface area is 118 Å². The maximum Gasteiger partial charge on any atom is 0.251 e. The van der Waals surface area contributed by atoms with E-state index < -0.39 is 0 Å². The second kappa shape index (κ2) is 5.52. The molecule has 2 aromatic rings. The van der Waals surface area contributed by atoms with Gasteiger partial charge in [-0.25, -0.2) is 4.39 Å². The summed E-state index contributed by atoms with van der Waals surface area (Å²) in [7, 11) is 1.84. The first-order valence-electron chi connectivity index (χ1n) is 5.69. The first-order valence-corrected chi connectivity index (χ1v) is 6.49. The maximum absolute atomic E-state index is 13.1. The third kappa shape index (κ3) is 3.01. The number of nitrogens with one attached hydrogen (secondary N) is 1. The van der Waals surface area contributed by atoms with Gasteiger partial charge in [-0.1, -0.05) is 0 Å². The van der Waals surface area contributed by atoms with Crippen LogP contribution in [0.15, 0.2) is 28.9 Å². The number of benzene rings is 1. The summed E-state index contributed by atoms with van der Waals surface area (Å²) in [4.78, 5) is 11.9. The number of hydrogen-bond donors (Lipinski definition) is 1. The van der Waals surface area contributed by atoms with Gasteiger partial charge in [0.15, 0.2) is 0 Å². The first kappa shape index (κ1) is 13.7. The van der Waals surface area contributed by atoms with Crippen LogP contribution in [0.2, 0.25) is 0 Å². The van der Waals surface area contributed by atoms with Crippen molar-refractivity contribution in [2.24, 2.45) is 7.05 Å². The minimum absolute atomic E-state index is 0.246. The van der Waals surface area contributed by atoms with Crippen molar-refractivity contribution < 1.29 is 9.18 Å². The Kier molecular flexibility index (Phi) is 3.99. The van der Waals surface area contributed by atoms with Crippen LogP contribution in [0.3, 0.4) is 0 Å². The van der Waals surface area contributed by atoms with E-state index in [1.54, 1.807) is 10.9 Å². The van der Waals surface area contributed by atoms with Gasteiger partial charge in [-0.2, -0.15) is 5.10 Å². The summed E-state index contributed by atoms with van der Waals surface area (Å²) < 4.78 is 15.1. The molecule has 0 aliphatic carbocycles. The molecule has 0 unspecified atom stereocenters. The lowest BCUT2D eigenvalue weighted by Crippen LogP contribution is -2.23. The Hall–Kier alpha value is -1.69. The van der Waals surface area contributed by atoms with Crippen molar-refractivity contribution in [1.82, 2.24) is 15.1 Å². The Morgan fingerprint density at radius 3 is 2.84 bits per heavy atom. The lowest BCUT2D eigenvalue weighted by molar-refractivity contribution is 0.0950. The predicted molar refractivity (Wildman–Crippen MR) is 73.2 cm³/mol. The highest BCUT2D eigenvalue weighted by Crippen LogP contribution is 2.17. The Bertz CT molecular complexity index is 624. The summed E-state index contributed by atoms with van der Waals surface area (Å²) in [6.45, 7) is 2.33. The number of aromatic nitrogens is 2. The van der Waals surface area contributed by atoms with Gasteiger partial charge < -0.3 is 5.32 Å². The Morgan fingerprint density at radius 1 is 1.53 bits per heavy atom. The highest BCUT2D eigenvalue weighted by Gasteiger charge is 2.10. The number of carbonyl (C=O) groups excluding carboxylic acids is 1. The Morgan fingerprint density at radius 2 is 2.26 bits per heavy atom. The fourth-order valence-corrected chi connectivity index (χ4v) is 2.01. The fraction of sp³-hybridized carbons (Fsp3) is 0.231. The lowest BCUT2D eigenvalue weighted by atomic mass is 10.2. The topological polar surface area (TPSA) is 46.9 Å². The van der Waals surface area contributed by atoms with Crippen molar-refractivity contribution in [3.8, 4) is 0 Å². The van der Waals surface area contributed by atoms with Crippen molar-refractivity contribution in [2.45, 2.75) is 13.5 Å². The molecule has 0 saturated carbocycles. The molecule has 1 N–H and O–H groups in total. The van der Waals surface area contributed by atoms with Crippen molar-refractivity contribution in [3.05, 3.63) is 51.5 Å². The zero-order chi connectivity index (χ0) is 14.0. The summed E-state index contributed by atoms with van der Waals surface area (Å²) in [5.41, 5.74) is 2.37. The lowest BCUT2D eigenvalue weighted by Gasteiger charge is -2.06. The molecule has 0 spiro atoms. The van der Waals surface area contributed by atoms with Crippen molar-refractivity contribution in [3.63, 3.8) is 0 Å². The van der Waals surface area contributed by atoms with Crippen molar-refractivity contribution >= 4 is 21.8 Å². The third-order valence-electron chi connectivity index (χ3n) is 2.96. The van der Waals surface area contributed by atoms with Crippen LogP contribution >= 0.6 is 15.9 Å². The molecule has 19 heavy (non-hydrogen) atoms. The van der Waals surface area contributed by atoms with Gasteiger partial charge in [0.2, 0.25) is 0 Å². The van der Waals surface area contributed by atoms with E-state index in [1.807, 2.05) is 14.0 Å². The molecule has 1 amide bonds. The molecule has 0 atom stereocenters. The molecule has 2 rings (SSSR count). The summed E-state index contributed by atoms with van der Waals surface area (Å²) in [6.07, 6.45) is 1.72. The van der Waals surface area contributed by atoms with Crippen LogP contribution in [0.5, 0.6) is 0 Å². The summed E-state index contributed by atoms with van der Waals surface area (Å²) >= 11 is 3.06. The van der Waals surface area contributed by atoms with Crippen LogP contribution in [-0.4, -0.2) is 15.7 Å². The van der Waals surface area contributed by atoms with Crippen molar-refractivity contribution in [1.29, 1.82) is 0 Å². The highest BCUT2D eigenvalue weighted by atomic mass is 79.9. The molecule has 0 aliphatic rings. The monoisotopic (exact) mass is 325 g/mol. The number of carbonyl (C=O) groups is 1. The maximum atomic E-state index is 13.1. The molecular formula is C13H13BrFN3O. The van der Waals surface area contributed by atoms with E-state index in [0.29, 0.717) is 12.1 Å². The van der Waals surface area contributed by atoms with E-state index >= 15 is 0 Å². The van der Waals surface area contributed by atoms with E-state index in [9.17, 15) is 9.18 Å². The van der Waals surface area contributed by atoms with Gasteiger partial charge in [0, 0.05) is 30.4 Å². The molecule has 0 bridgehead atoms. The van der Waals surface area contributed by atoms with Gasteiger partial charge in [-0.3, -0.25) is 9.48 Å². The number of hydrogen-bond acceptors (Lipinski definition) is 2. The van der Waals surface area contributed by atoms with Crippen LogP contribution in [-0.2, 0) is 13.6 Å². The zero-order valence-corrected chi connectivity index (χ0v) is 12.2. The average Bonchev–Trinajstić information content (AvgIpc) is 2.70. The average molecular weight is 326 g/mol. The fourth-order valence-electron chi connectivity index (χ4n) is 1.63. The van der Waals surface area contributed by atoms with Gasteiger partial charge >= 0.3 is 0 Å². The predicted octanol–water partition coefficient (Wildman–Crippen LogP) is 2.56. The van der Waals surface area contributed by atoms with Gasteiger partial charge in [0.05, 0.1) is 10.7 Å². The van der Waals surface area contributed by atoms with E-state index in [4.69, 9.17) is 0 Å². The molecule has 6 heteroatoms. The largest absolute Gasteiger partial charge is 0.348 e. The standard InChI is InChI=1S/C13H13BrFN3O/c1-8-10(7-17-18(8)2)6-16-13(19)9-3-4-12(15)11(14)5-9/h3-5,7H,6H2,1-2H3,(H,16,19). The van der Waals surface area contributed by atoms with Crippen molar-refractivity contribution in [2.75, 3.05) is 0 Å². The van der Waals surface area contributed by atoms with Gasteiger partial charge in [0.1, 0.15) is 5.82 Å². The summed E-state index contributed by atoms with van der Waals surface area (Å²) in [5.74, 6) is -0.636. The summed E-state index contributed by atoms with van der Waals surface area (Å²) in [5, 5.41) is 6.88. The Balaban J connectivity index is 2.05. The van der Waals surface area contributed by atoms with Gasteiger partial charge in [-0.15, -0.1) is 0 Å². The molecule has 0 aliphatic heterocycles. The van der Waals surface area contributed by atoms with Crippen LogP contribution in [0, 0.1) is 12.7 Å². The molecule has 4 nitrogen and oxygen atoms in total. The first-order chi connectivity index (χ1) is 8.99. The zero-order valence-electron chi connectivity index (χ0n) is 10.6. The number of rotatable bonds is 3. The second-order valence-corrected chi connectivity index (χ2v) is 5.04. The van der Waals surface area contributed by atoms with E-state index in [2.05, 4.69) is 26.3 Å². The summed E-state index contributed by atoms with van der Waals surface area (Å²) in [6, 6.07) is 4.17. The van der Waals surface area contributed by atoms with Gasteiger partial charge in [-0.05, 0) is 41.1 Å². The second-order valence-electron chi connectivity index (χ2n) is 4.19. The number of amides is 1. The quantitative estimate of drug-likeness (QED) is 0.942. The number of aryl methyl sites for hydroxylation is 1. The van der Waals surface area contributed by atoms with E-state index in [0.717, 1.165) is 11.3 Å². The molecular weight excluding hydrogens is 313 g/mol. The van der Waals surface area contributed by atoms with Crippen LogP contribution in [0.25, 0.3) is 0 Å². The molecule has 0 radical (unpaired) electrons. The number of halogens is 2. The molecule has 1 heterocycles. The van der Waals surface area contributed by atoms with Gasteiger partial charge in [0.25, 0.3) is 5.91 Å². The van der Waals surface area contributed by atoms with Crippen LogP contribution in [0.1, 0.15) is 21.6 Å².